The first-order valence-corrected chi connectivity index (χ1v) is 3.79. The van der Waals surface area contributed by atoms with Crippen LogP contribution in [-0.4, -0.2) is 12.5 Å². The van der Waals surface area contributed by atoms with E-state index < -0.39 is 0 Å². The Bertz CT molecular complexity index is 266. The molecular formula is C9H12N2O. The first kappa shape index (κ1) is 8.74. The molecule has 0 aliphatic rings. The highest BCUT2D eigenvalue weighted by atomic mass is 16.1. The molecule has 1 amide bonds. The summed E-state index contributed by atoms with van der Waals surface area (Å²) >= 11 is 0. The largest absolute Gasteiger partial charge is 0.325 e. The molecule has 3 nitrogen and oxygen atoms in total. The Labute approximate surface area is 71.6 Å². The van der Waals surface area contributed by atoms with Crippen molar-refractivity contribution < 1.29 is 4.79 Å². The molecular weight excluding hydrogens is 152 g/mol. The van der Waals surface area contributed by atoms with Crippen molar-refractivity contribution in [2.24, 2.45) is 5.73 Å². The van der Waals surface area contributed by atoms with Gasteiger partial charge in [-0.1, -0.05) is 17.7 Å². The fraction of sp³-hybridized carbons (Fsp3) is 0.222. The van der Waals surface area contributed by atoms with Crippen LogP contribution in [0.1, 0.15) is 5.56 Å². The van der Waals surface area contributed by atoms with Crippen LogP contribution in [0.15, 0.2) is 24.3 Å². The Balaban J connectivity index is 2.64. The van der Waals surface area contributed by atoms with Gasteiger partial charge in [-0.25, -0.2) is 0 Å². The van der Waals surface area contributed by atoms with Gasteiger partial charge in [0.25, 0.3) is 0 Å². The van der Waals surface area contributed by atoms with E-state index >= 15 is 0 Å². The molecule has 3 heteroatoms. The molecule has 0 aromatic heterocycles. The fourth-order valence-electron chi connectivity index (χ4n) is 0.849. The van der Waals surface area contributed by atoms with E-state index in [0.29, 0.717) is 0 Å². The number of anilines is 1. The van der Waals surface area contributed by atoms with Gasteiger partial charge in [-0.15, -0.1) is 0 Å². The topological polar surface area (TPSA) is 55.1 Å². The zero-order valence-electron chi connectivity index (χ0n) is 7.00. The van der Waals surface area contributed by atoms with Crippen molar-refractivity contribution in [2.75, 3.05) is 11.9 Å². The average Bonchev–Trinajstić information content (AvgIpc) is 2.09. The molecule has 1 aromatic carbocycles. The smallest absolute Gasteiger partial charge is 0.238 e. The van der Waals surface area contributed by atoms with E-state index in [1.165, 1.54) is 5.56 Å². The predicted molar refractivity (Wildman–Crippen MR) is 48.9 cm³/mol. The normalized spacial score (nSPS) is 9.50. The lowest BCUT2D eigenvalue weighted by Crippen LogP contribution is -2.21. The number of amides is 1. The molecule has 0 spiro atoms. The first-order valence-electron chi connectivity index (χ1n) is 3.79. The molecule has 0 fully saturated rings. The molecule has 0 heterocycles. The second-order valence-corrected chi connectivity index (χ2v) is 2.62. The molecule has 0 saturated carbocycles. The third-order valence-corrected chi connectivity index (χ3v) is 1.52. The van der Waals surface area contributed by atoms with Gasteiger partial charge in [0, 0.05) is 5.69 Å². The molecule has 0 radical (unpaired) electrons. The van der Waals surface area contributed by atoms with Gasteiger partial charge in [0.1, 0.15) is 0 Å². The minimum absolute atomic E-state index is 0.0217. The summed E-state index contributed by atoms with van der Waals surface area (Å²) in [6.45, 7) is 2.02. The Hall–Kier alpha value is -1.35. The molecule has 0 bridgehead atoms. The van der Waals surface area contributed by atoms with Crippen LogP contribution in [0.5, 0.6) is 0 Å². The summed E-state index contributed by atoms with van der Waals surface area (Å²) in [7, 11) is 0. The van der Waals surface area contributed by atoms with E-state index in [1.54, 1.807) is 0 Å². The quantitative estimate of drug-likeness (QED) is 0.682. The van der Waals surface area contributed by atoms with Crippen molar-refractivity contribution in [3.8, 4) is 0 Å². The second kappa shape index (κ2) is 3.88. The van der Waals surface area contributed by atoms with E-state index in [4.69, 9.17) is 5.73 Å². The van der Waals surface area contributed by atoms with Gasteiger partial charge in [0.05, 0.1) is 6.54 Å². The Morgan fingerprint density at radius 2 is 2.00 bits per heavy atom. The molecule has 64 valence electrons. The summed E-state index contributed by atoms with van der Waals surface area (Å²) in [4.78, 5) is 10.8. The van der Waals surface area contributed by atoms with Crippen LogP contribution < -0.4 is 11.1 Å². The number of hydrogen-bond donors (Lipinski definition) is 2. The molecule has 0 saturated heterocycles. The summed E-state index contributed by atoms with van der Waals surface area (Å²) in [6.07, 6.45) is 0. The molecule has 12 heavy (non-hydrogen) atoms. The summed E-state index contributed by atoms with van der Waals surface area (Å²) < 4.78 is 0. The van der Waals surface area contributed by atoms with Gasteiger partial charge < -0.3 is 11.1 Å². The highest BCUT2D eigenvalue weighted by molar-refractivity contribution is 5.92. The van der Waals surface area contributed by atoms with Crippen LogP contribution in [-0.2, 0) is 4.79 Å². The van der Waals surface area contributed by atoms with Gasteiger partial charge in [-0.2, -0.15) is 0 Å². The van der Waals surface area contributed by atoms with Crippen molar-refractivity contribution in [3.05, 3.63) is 29.8 Å². The van der Waals surface area contributed by atoms with E-state index in [-0.39, 0.29) is 12.5 Å². The van der Waals surface area contributed by atoms with Crippen LogP contribution >= 0.6 is 0 Å². The molecule has 1 rings (SSSR count). The minimum Gasteiger partial charge on any atom is -0.325 e. The van der Waals surface area contributed by atoms with Crippen LogP contribution in [0, 0.1) is 6.92 Å². The maximum Gasteiger partial charge on any atom is 0.238 e. The third kappa shape index (κ3) is 2.36. The van der Waals surface area contributed by atoms with Crippen molar-refractivity contribution in [3.63, 3.8) is 0 Å². The first-order chi connectivity index (χ1) is 5.72. The lowest BCUT2D eigenvalue weighted by atomic mass is 10.2. The zero-order valence-corrected chi connectivity index (χ0v) is 7.00. The van der Waals surface area contributed by atoms with Crippen molar-refractivity contribution in [1.82, 2.24) is 0 Å². The highest BCUT2D eigenvalue weighted by Crippen LogP contribution is 2.07. The monoisotopic (exact) mass is 164 g/mol. The number of rotatable bonds is 2. The number of hydrogen-bond acceptors (Lipinski definition) is 2. The zero-order chi connectivity index (χ0) is 8.97. The second-order valence-electron chi connectivity index (χ2n) is 2.62. The third-order valence-electron chi connectivity index (χ3n) is 1.52. The number of nitrogens with one attached hydrogen (secondary N) is 1. The van der Waals surface area contributed by atoms with Crippen molar-refractivity contribution >= 4 is 11.6 Å². The number of nitrogens with two attached hydrogens (primary N) is 1. The summed E-state index contributed by atoms with van der Waals surface area (Å²) in [5.41, 5.74) is 7.09. The average molecular weight is 164 g/mol. The Morgan fingerprint density at radius 3 is 2.50 bits per heavy atom. The van der Waals surface area contributed by atoms with Gasteiger partial charge in [0.15, 0.2) is 0 Å². The maximum absolute atomic E-state index is 10.8. The number of carbonyl (C=O) groups excluding carboxylic acids is 1. The molecule has 1 aromatic rings. The summed E-state index contributed by atoms with van der Waals surface area (Å²) in [6, 6.07) is 7.57. The van der Waals surface area contributed by atoms with Gasteiger partial charge in [-0.05, 0) is 19.1 Å². The van der Waals surface area contributed by atoms with Crippen LogP contribution in [0.3, 0.4) is 0 Å². The lowest BCUT2D eigenvalue weighted by molar-refractivity contribution is -0.114. The van der Waals surface area contributed by atoms with Crippen molar-refractivity contribution in [2.45, 2.75) is 6.92 Å². The highest BCUT2D eigenvalue weighted by Gasteiger charge is 1.96. The van der Waals surface area contributed by atoms with Gasteiger partial charge >= 0.3 is 0 Å². The van der Waals surface area contributed by atoms with Crippen LogP contribution in [0.2, 0.25) is 0 Å². The predicted octanol–water partition coefficient (Wildman–Crippen LogP) is 0.892. The lowest BCUT2D eigenvalue weighted by Gasteiger charge is -2.02. The van der Waals surface area contributed by atoms with E-state index in [2.05, 4.69) is 5.32 Å². The fourth-order valence-corrected chi connectivity index (χ4v) is 0.849. The van der Waals surface area contributed by atoms with Gasteiger partial charge in [0.2, 0.25) is 5.91 Å². The standard InChI is InChI=1S/C9H12N2O/c1-7-2-4-8(5-3-7)11-9(12)6-10/h2-5H,6,10H2,1H3,(H,11,12). The van der Waals surface area contributed by atoms with Crippen LogP contribution in [0.25, 0.3) is 0 Å². The van der Waals surface area contributed by atoms with E-state index in [0.717, 1.165) is 5.69 Å². The number of aryl methyl sites for hydroxylation is 1. The SMILES string of the molecule is Cc1ccc(NC(=O)CN)cc1. The summed E-state index contributed by atoms with van der Waals surface area (Å²) in [5, 5.41) is 2.65. The minimum atomic E-state index is -0.168. The van der Waals surface area contributed by atoms with Crippen LogP contribution in [0.4, 0.5) is 5.69 Å². The van der Waals surface area contributed by atoms with Crippen molar-refractivity contribution in [1.29, 1.82) is 0 Å². The Morgan fingerprint density at radius 1 is 1.42 bits per heavy atom. The maximum atomic E-state index is 10.8. The van der Waals surface area contributed by atoms with Gasteiger partial charge in [-0.3, -0.25) is 4.79 Å². The van der Waals surface area contributed by atoms with E-state index in [1.807, 2.05) is 31.2 Å². The molecule has 0 unspecified atom stereocenters. The molecule has 0 aliphatic heterocycles. The number of benzene rings is 1. The molecule has 3 N–H and O–H groups in total. The van der Waals surface area contributed by atoms with E-state index in [9.17, 15) is 4.79 Å². The molecule has 0 aliphatic carbocycles. The molecule has 0 atom stereocenters. The Kier molecular flexibility index (Phi) is 2.82. The summed E-state index contributed by atoms with van der Waals surface area (Å²) in [5.74, 6) is -0.168. The number of carbonyl (C=O) groups is 1.